The molecule has 18 heavy (non-hydrogen) atoms. The summed E-state index contributed by atoms with van der Waals surface area (Å²) in [6.07, 6.45) is 6.21. The van der Waals surface area contributed by atoms with Crippen LogP contribution in [0, 0.1) is 5.41 Å². The minimum Gasteiger partial charge on any atom is -0.392 e. The highest BCUT2D eigenvalue weighted by Crippen LogP contribution is 2.42. The number of nitrogens with one attached hydrogen (secondary N) is 1. The first kappa shape index (κ1) is 13.7. The third kappa shape index (κ3) is 2.03. The molecule has 0 bridgehead atoms. The van der Waals surface area contributed by atoms with Crippen molar-refractivity contribution in [2.75, 3.05) is 20.6 Å². The second-order valence-corrected chi connectivity index (χ2v) is 6.39. The number of nitrogens with zero attached hydrogens (tertiary/aromatic N) is 1. The van der Waals surface area contributed by atoms with Crippen molar-refractivity contribution in [3.05, 3.63) is 0 Å². The van der Waals surface area contributed by atoms with Crippen molar-refractivity contribution in [3.63, 3.8) is 0 Å². The minimum absolute atomic E-state index is 0.0365. The van der Waals surface area contributed by atoms with Gasteiger partial charge in [0.15, 0.2) is 0 Å². The highest BCUT2D eigenvalue weighted by atomic mass is 32.1. The van der Waals surface area contributed by atoms with Crippen LogP contribution in [0.15, 0.2) is 0 Å². The molecule has 0 aromatic carbocycles. The normalized spacial score (nSPS) is 23.9. The van der Waals surface area contributed by atoms with Gasteiger partial charge in [-0.05, 0) is 46.2 Å². The van der Waals surface area contributed by atoms with Crippen LogP contribution >= 0.6 is 12.2 Å². The first-order valence-electron chi connectivity index (χ1n) is 6.69. The molecule has 0 aromatic heterocycles. The van der Waals surface area contributed by atoms with Crippen LogP contribution in [-0.2, 0) is 4.79 Å². The summed E-state index contributed by atoms with van der Waals surface area (Å²) in [5, 5.41) is 3.08. The van der Waals surface area contributed by atoms with E-state index in [9.17, 15) is 4.79 Å². The molecule has 2 saturated carbocycles. The highest BCUT2D eigenvalue weighted by Gasteiger charge is 2.48. The molecule has 0 unspecified atom stereocenters. The van der Waals surface area contributed by atoms with E-state index in [1.807, 2.05) is 0 Å². The van der Waals surface area contributed by atoms with Gasteiger partial charge in [0.2, 0.25) is 5.91 Å². The summed E-state index contributed by atoms with van der Waals surface area (Å²) < 4.78 is 0. The van der Waals surface area contributed by atoms with Crippen LogP contribution in [0.3, 0.4) is 0 Å². The van der Waals surface area contributed by atoms with E-state index in [1.54, 1.807) is 0 Å². The predicted molar refractivity (Wildman–Crippen MR) is 76.3 cm³/mol. The SMILES string of the molecule is CN(C)C1(CNC(=O)C2(C(N)=S)CCC2)CCC1. The number of carbonyl (C=O) groups is 1. The van der Waals surface area contributed by atoms with Crippen molar-refractivity contribution in [2.24, 2.45) is 11.1 Å². The zero-order chi connectivity index (χ0) is 13.4. The summed E-state index contributed by atoms with van der Waals surface area (Å²) in [5.74, 6) is 0.0365. The van der Waals surface area contributed by atoms with Crippen LogP contribution in [0.4, 0.5) is 0 Å². The molecule has 1 amide bonds. The summed E-state index contributed by atoms with van der Waals surface area (Å²) in [5.41, 5.74) is 5.34. The lowest BCUT2D eigenvalue weighted by Gasteiger charge is -2.48. The fraction of sp³-hybridized carbons (Fsp3) is 0.846. The largest absolute Gasteiger partial charge is 0.392 e. The van der Waals surface area contributed by atoms with E-state index in [0.717, 1.165) is 32.1 Å². The zero-order valence-electron chi connectivity index (χ0n) is 11.3. The van der Waals surface area contributed by atoms with E-state index >= 15 is 0 Å². The summed E-state index contributed by atoms with van der Waals surface area (Å²) in [6, 6.07) is 0. The first-order valence-corrected chi connectivity index (χ1v) is 7.09. The van der Waals surface area contributed by atoms with Crippen molar-refractivity contribution in [3.8, 4) is 0 Å². The van der Waals surface area contributed by atoms with Gasteiger partial charge in [-0.25, -0.2) is 0 Å². The first-order chi connectivity index (χ1) is 8.43. The predicted octanol–water partition coefficient (Wildman–Crippen LogP) is 1.04. The van der Waals surface area contributed by atoms with Gasteiger partial charge in [0.1, 0.15) is 0 Å². The Morgan fingerprint density at radius 2 is 1.83 bits per heavy atom. The molecule has 2 rings (SSSR count). The number of hydrogen-bond acceptors (Lipinski definition) is 3. The van der Waals surface area contributed by atoms with Crippen LogP contribution in [-0.4, -0.2) is 42.0 Å². The van der Waals surface area contributed by atoms with E-state index in [-0.39, 0.29) is 11.4 Å². The summed E-state index contributed by atoms with van der Waals surface area (Å²) in [7, 11) is 4.16. The Morgan fingerprint density at radius 3 is 2.11 bits per heavy atom. The Balaban J connectivity index is 1.94. The fourth-order valence-corrected chi connectivity index (χ4v) is 3.19. The lowest BCUT2D eigenvalue weighted by atomic mass is 9.67. The molecule has 0 aromatic rings. The van der Waals surface area contributed by atoms with Gasteiger partial charge in [0.05, 0.1) is 10.4 Å². The molecule has 0 aliphatic heterocycles. The third-order valence-corrected chi connectivity index (χ3v) is 5.32. The van der Waals surface area contributed by atoms with E-state index < -0.39 is 5.41 Å². The molecular weight excluding hydrogens is 246 g/mol. The van der Waals surface area contributed by atoms with Crippen molar-refractivity contribution in [1.29, 1.82) is 0 Å². The van der Waals surface area contributed by atoms with Crippen LogP contribution in [0.2, 0.25) is 0 Å². The highest BCUT2D eigenvalue weighted by molar-refractivity contribution is 7.80. The molecule has 0 heterocycles. The molecule has 0 atom stereocenters. The van der Waals surface area contributed by atoms with Gasteiger partial charge in [-0.2, -0.15) is 0 Å². The molecule has 0 radical (unpaired) electrons. The number of hydrogen-bond donors (Lipinski definition) is 2. The molecule has 2 aliphatic carbocycles. The van der Waals surface area contributed by atoms with Crippen molar-refractivity contribution in [2.45, 2.75) is 44.1 Å². The quantitative estimate of drug-likeness (QED) is 0.732. The average Bonchev–Trinajstić information content (AvgIpc) is 2.12. The Hall–Kier alpha value is -0.680. The van der Waals surface area contributed by atoms with Gasteiger partial charge in [-0.1, -0.05) is 18.6 Å². The average molecular weight is 269 g/mol. The van der Waals surface area contributed by atoms with Crippen LogP contribution in [0.25, 0.3) is 0 Å². The van der Waals surface area contributed by atoms with E-state index in [1.165, 1.54) is 6.42 Å². The molecule has 3 N–H and O–H groups in total. The lowest BCUT2D eigenvalue weighted by molar-refractivity contribution is -0.131. The van der Waals surface area contributed by atoms with Gasteiger partial charge < -0.3 is 16.0 Å². The van der Waals surface area contributed by atoms with E-state index in [2.05, 4.69) is 24.3 Å². The Morgan fingerprint density at radius 1 is 1.28 bits per heavy atom. The van der Waals surface area contributed by atoms with E-state index in [0.29, 0.717) is 11.5 Å². The lowest BCUT2D eigenvalue weighted by Crippen LogP contribution is -2.60. The van der Waals surface area contributed by atoms with Crippen LogP contribution < -0.4 is 11.1 Å². The molecule has 5 heteroatoms. The number of likely N-dealkylation sites (N-methyl/N-ethyl adjacent to an activating group) is 1. The van der Waals surface area contributed by atoms with Gasteiger partial charge >= 0.3 is 0 Å². The molecule has 4 nitrogen and oxygen atoms in total. The Labute approximate surface area is 114 Å². The van der Waals surface area contributed by atoms with Crippen LogP contribution in [0.5, 0.6) is 0 Å². The number of amides is 1. The van der Waals surface area contributed by atoms with Crippen molar-refractivity contribution >= 4 is 23.1 Å². The van der Waals surface area contributed by atoms with Crippen molar-refractivity contribution in [1.82, 2.24) is 10.2 Å². The zero-order valence-corrected chi connectivity index (χ0v) is 12.1. The molecule has 2 fully saturated rings. The smallest absolute Gasteiger partial charge is 0.233 e. The number of carbonyl (C=O) groups excluding carboxylic acids is 1. The second-order valence-electron chi connectivity index (χ2n) is 5.95. The maximum Gasteiger partial charge on any atom is 0.233 e. The summed E-state index contributed by atoms with van der Waals surface area (Å²) in [4.78, 5) is 14.9. The van der Waals surface area contributed by atoms with Crippen LogP contribution in [0.1, 0.15) is 38.5 Å². The minimum atomic E-state index is -0.549. The molecule has 0 spiro atoms. The molecule has 0 saturated heterocycles. The van der Waals surface area contributed by atoms with E-state index in [4.69, 9.17) is 18.0 Å². The summed E-state index contributed by atoms with van der Waals surface area (Å²) in [6.45, 7) is 0.712. The fourth-order valence-electron chi connectivity index (χ4n) is 2.90. The topological polar surface area (TPSA) is 58.4 Å². The van der Waals surface area contributed by atoms with Gasteiger partial charge in [0, 0.05) is 12.1 Å². The standard InChI is InChI=1S/C13H23N3OS/c1-16(2)12(5-3-6-12)9-15-11(17)13(10(14)18)7-4-8-13/h3-9H2,1-2H3,(H2,14,18)(H,15,17). The maximum atomic E-state index is 12.3. The molecule has 2 aliphatic rings. The number of nitrogens with two attached hydrogens (primary N) is 1. The second kappa shape index (κ2) is 4.78. The molecule has 102 valence electrons. The maximum absolute atomic E-state index is 12.3. The summed E-state index contributed by atoms with van der Waals surface area (Å²) >= 11 is 5.07. The monoisotopic (exact) mass is 269 g/mol. The number of rotatable bonds is 5. The number of thiocarbonyl (C=S) groups is 1. The van der Waals surface area contributed by atoms with Gasteiger partial charge in [-0.3, -0.25) is 4.79 Å². The van der Waals surface area contributed by atoms with Crippen molar-refractivity contribution < 1.29 is 4.79 Å². The Bertz CT molecular complexity index is 359. The molecular formula is C13H23N3OS. The van der Waals surface area contributed by atoms with Gasteiger partial charge in [-0.15, -0.1) is 0 Å². The Kier molecular flexibility index (Phi) is 3.65. The third-order valence-electron chi connectivity index (χ3n) is 4.92. The van der Waals surface area contributed by atoms with Gasteiger partial charge in [0.25, 0.3) is 0 Å².